The molecule has 0 aliphatic carbocycles. The van der Waals surface area contributed by atoms with Gasteiger partial charge in [0.15, 0.2) is 0 Å². The first-order valence-electron chi connectivity index (χ1n) is 16.3. The third kappa shape index (κ3) is 4.00. The van der Waals surface area contributed by atoms with Crippen LogP contribution < -0.4 is 21.4 Å². The van der Waals surface area contributed by atoms with Crippen molar-refractivity contribution in [2.75, 3.05) is 0 Å². The van der Waals surface area contributed by atoms with Crippen LogP contribution in [0.4, 0.5) is 0 Å². The lowest BCUT2D eigenvalue weighted by molar-refractivity contribution is 0.564. The summed E-state index contributed by atoms with van der Waals surface area (Å²) in [5.41, 5.74) is 17.2. The monoisotopic (exact) mass is 548 g/mol. The minimum absolute atomic E-state index is 0.857. The second-order valence-electron chi connectivity index (χ2n) is 11.7. The number of nitrogens with one attached hydrogen (secondary N) is 2. The van der Waals surface area contributed by atoms with Crippen molar-refractivity contribution in [1.82, 2.24) is 19.1 Å². The molecule has 2 aliphatic heterocycles. The summed E-state index contributed by atoms with van der Waals surface area (Å²) in [6.45, 7) is 19.4. The summed E-state index contributed by atoms with van der Waals surface area (Å²) in [4.78, 5) is 7.85. The molecule has 0 saturated carbocycles. The number of aromatic nitrogens is 4. The summed E-state index contributed by atoms with van der Waals surface area (Å²) in [7, 11) is 0. The van der Waals surface area contributed by atoms with Gasteiger partial charge in [-0.25, -0.2) is 0 Å². The van der Waals surface area contributed by atoms with Gasteiger partial charge in [-0.15, -0.1) is 0 Å². The Morgan fingerprint density at radius 2 is 0.878 bits per heavy atom. The molecule has 0 unspecified atom stereocenters. The van der Waals surface area contributed by atoms with Crippen LogP contribution >= 0.6 is 0 Å². The molecule has 4 aromatic rings. The lowest BCUT2D eigenvalue weighted by atomic mass is 10.0. The molecule has 0 spiro atoms. The van der Waals surface area contributed by atoms with Gasteiger partial charge in [-0.05, 0) is 120 Å². The molecule has 216 valence electrons. The largest absolute Gasteiger partial charge is 0.355 e. The number of H-pyrrole nitrogens is 2. The maximum Gasteiger partial charge on any atom is 0.1000 e. The Morgan fingerprint density at radius 1 is 0.439 bits per heavy atom. The zero-order chi connectivity index (χ0) is 29.0. The highest BCUT2D eigenvalue weighted by Crippen LogP contribution is 2.29. The Labute approximate surface area is 245 Å². The third-order valence-corrected chi connectivity index (χ3v) is 9.93. The maximum absolute atomic E-state index is 3.93. The van der Waals surface area contributed by atoms with Gasteiger partial charge in [-0.3, -0.25) is 0 Å². The van der Waals surface area contributed by atoms with E-state index in [1.807, 2.05) is 0 Å². The van der Waals surface area contributed by atoms with Gasteiger partial charge in [0.2, 0.25) is 0 Å². The van der Waals surface area contributed by atoms with Crippen LogP contribution in [0.2, 0.25) is 0 Å². The third-order valence-electron chi connectivity index (χ3n) is 9.93. The van der Waals surface area contributed by atoms with Crippen molar-refractivity contribution in [1.29, 1.82) is 0 Å². The zero-order valence-electron chi connectivity index (χ0n) is 26.6. The molecule has 0 fully saturated rings. The molecule has 0 aromatic carbocycles. The second-order valence-corrected chi connectivity index (χ2v) is 11.7. The van der Waals surface area contributed by atoms with Crippen LogP contribution in [-0.2, 0) is 58.0 Å². The summed E-state index contributed by atoms with van der Waals surface area (Å²) < 4.78 is 5.22. The van der Waals surface area contributed by atoms with Gasteiger partial charge < -0.3 is 19.1 Å². The van der Waals surface area contributed by atoms with E-state index in [2.05, 4.69) is 98.8 Å². The number of fused-ring (bicyclic) bond motifs is 4. The van der Waals surface area contributed by atoms with Crippen LogP contribution in [0.5, 0.6) is 0 Å². The first kappa shape index (κ1) is 27.8. The summed E-state index contributed by atoms with van der Waals surface area (Å²) >= 11 is 0. The van der Waals surface area contributed by atoms with Crippen LogP contribution in [-0.4, -0.2) is 19.1 Å². The van der Waals surface area contributed by atoms with Crippen LogP contribution in [0.25, 0.3) is 24.3 Å². The maximum atomic E-state index is 3.93. The van der Waals surface area contributed by atoms with E-state index in [0.717, 1.165) is 58.0 Å². The Bertz CT molecular complexity index is 1890. The molecular formula is C37H48N4. The molecule has 0 atom stereocenters. The zero-order valence-corrected chi connectivity index (χ0v) is 26.6. The van der Waals surface area contributed by atoms with Gasteiger partial charge in [0.1, 0.15) is 0 Å². The first-order valence-corrected chi connectivity index (χ1v) is 16.3. The highest BCUT2D eigenvalue weighted by atomic mass is 15.2. The summed E-state index contributed by atoms with van der Waals surface area (Å²) in [6, 6.07) is 0. The summed E-state index contributed by atoms with van der Waals surface area (Å²) in [5, 5.41) is 5.33. The van der Waals surface area contributed by atoms with E-state index in [1.165, 1.54) is 88.7 Å². The minimum Gasteiger partial charge on any atom is -0.355 e. The smallest absolute Gasteiger partial charge is 0.1000 e. The van der Waals surface area contributed by atoms with Gasteiger partial charge in [0.05, 0.1) is 6.67 Å². The molecule has 4 nitrogen and oxygen atoms in total. The fourth-order valence-electron chi connectivity index (χ4n) is 8.11. The second kappa shape index (κ2) is 10.8. The highest BCUT2D eigenvalue weighted by molar-refractivity contribution is 5.67. The quantitative estimate of drug-likeness (QED) is 0.272. The molecule has 6 rings (SSSR count). The molecule has 6 bridgehead atoms. The fourth-order valence-corrected chi connectivity index (χ4v) is 8.11. The van der Waals surface area contributed by atoms with Crippen molar-refractivity contribution in [2.45, 2.75) is 113 Å². The average Bonchev–Trinajstić information content (AvgIpc) is 3.68. The van der Waals surface area contributed by atoms with E-state index < -0.39 is 0 Å². The van der Waals surface area contributed by atoms with Crippen LogP contribution in [0.15, 0.2) is 0 Å². The Morgan fingerprint density at radius 3 is 1.39 bits per heavy atom. The molecule has 0 radical (unpaired) electrons. The normalized spacial score (nSPS) is 15.0. The van der Waals surface area contributed by atoms with Crippen molar-refractivity contribution in [3.8, 4) is 0 Å². The van der Waals surface area contributed by atoms with Gasteiger partial charge in [-0.2, -0.15) is 0 Å². The van der Waals surface area contributed by atoms with E-state index in [1.54, 1.807) is 0 Å². The standard InChI is InChI=1S/C37H48N4/c1-9-22-24(11-3)32-18-34-26(13-5)28(15-7)36-20-37-29(16-8)27(14-6)35(41(37)21-40(34)36)19-33-25(12-4)23(10-2)31(39-33)17-30(22)38-32/h17-20,38-39H,9-16,21H2,1-8H3/b30-17?,31-17?,32-18-,33-19?,34-18?,35-19-. The fraction of sp³-hybridized carbons (Fsp3) is 0.459. The molecular weight excluding hydrogens is 500 g/mol. The van der Waals surface area contributed by atoms with E-state index in [4.69, 9.17) is 0 Å². The first-order chi connectivity index (χ1) is 20.0. The molecule has 2 N–H and O–H groups in total. The van der Waals surface area contributed by atoms with Crippen LogP contribution in [0.3, 0.4) is 0 Å². The van der Waals surface area contributed by atoms with Gasteiger partial charge in [-0.1, -0.05) is 55.4 Å². The van der Waals surface area contributed by atoms with E-state index >= 15 is 0 Å². The molecule has 41 heavy (non-hydrogen) atoms. The summed E-state index contributed by atoms with van der Waals surface area (Å²) in [6.07, 6.45) is 18.2. The molecule has 2 aliphatic rings. The van der Waals surface area contributed by atoms with Crippen molar-refractivity contribution in [3.05, 3.63) is 88.7 Å². The summed E-state index contributed by atoms with van der Waals surface area (Å²) in [5.74, 6) is 0. The topological polar surface area (TPSA) is 41.4 Å². The Hall–Kier alpha value is -3.40. The number of hydrogen-bond acceptors (Lipinski definition) is 0. The van der Waals surface area contributed by atoms with E-state index in [-0.39, 0.29) is 0 Å². The number of hydrogen-bond donors (Lipinski definition) is 2. The molecule has 0 saturated heterocycles. The molecule has 6 heterocycles. The highest BCUT2D eigenvalue weighted by Gasteiger charge is 2.25. The van der Waals surface area contributed by atoms with Crippen LogP contribution in [0, 0.1) is 0 Å². The predicted octanol–water partition coefficient (Wildman–Crippen LogP) is 4.89. The van der Waals surface area contributed by atoms with Crippen LogP contribution in [0.1, 0.15) is 123 Å². The Kier molecular flexibility index (Phi) is 7.30. The van der Waals surface area contributed by atoms with Crippen molar-refractivity contribution in [3.63, 3.8) is 0 Å². The molecule has 0 amide bonds. The van der Waals surface area contributed by atoms with Crippen molar-refractivity contribution in [2.24, 2.45) is 0 Å². The number of rotatable bonds is 8. The lowest BCUT2D eigenvalue weighted by Gasteiger charge is -2.18. The number of nitrogens with zero attached hydrogens (tertiary/aromatic N) is 2. The molecule has 4 aromatic heterocycles. The lowest BCUT2D eigenvalue weighted by Crippen LogP contribution is -2.35. The van der Waals surface area contributed by atoms with Gasteiger partial charge in [0.25, 0.3) is 0 Å². The SMILES string of the molecule is CCc1c2[nH]c(c1CC)/C=c1/c(CC)c(CC)c3n1Cn1c(c(CC)c(CC)c1/C=c1\[nH]c(c(CC)c1CC)=C2)C=3. The van der Waals surface area contributed by atoms with Crippen molar-refractivity contribution >= 4 is 24.3 Å². The number of aromatic amines is 2. The average molecular weight is 549 g/mol. The van der Waals surface area contributed by atoms with E-state index in [9.17, 15) is 0 Å². The van der Waals surface area contributed by atoms with Gasteiger partial charge in [0, 0.05) is 44.2 Å². The minimum atomic E-state index is 0.857. The van der Waals surface area contributed by atoms with E-state index in [0.29, 0.717) is 0 Å². The van der Waals surface area contributed by atoms with Gasteiger partial charge >= 0.3 is 0 Å². The Balaban J connectivity index is 1.87. The predicted molar refractivity (Wildman–Crippen MR) is 174 cm³/mol. The van der Waals surface area contributed by atoms with Crippen molar-refractivity contribution < 1.29 is 0 Å². The molecule has 4 heteroatoms.